The predicted octanol–water partition coefficient (Wildman–Crippen LogP) is 2.62. The summed E-state index contributed by atoms with van der Waals surface area (Å²) in [5.74, 6) is 0.00928. The fourth-order valence-electron chi connectivity index (χ4n) is 1.08. The molecule has 0 spiro atoms. The molecule has 0 saturated heterocycles. The molecule has 0 atom stereocenters. The maximum atomic E-state index is 13.4. The van der Waals surface area contributed by atoms with E-state index in [-0.39, 0.29) is 5.75 Å². The van der Waals surface area contributed by atoms with Crippen molar-refractivity contribution in [3.63, 3.8) is 0 Å². The fraction of sp³-hybridized carbons (Fsp3) is 0.400. The molecule has 3 nitrogen and oxygen atoms in total. The molecule has 0 heterocycles. The van der Waals surface area contributed by atoms with Gasteiger partial charge in [0, 0.05) is 11.6 Å². The third-order valence-electron chi connectivity index (χ3n) is 1.72. The molecule has 0 fully saturated rings. The summed E-state index contributed by atoms with van der Waals surface area (Å²) in [5.41, 5.74) is 0. The van der Waals surface area contributed by atoms with Gasteiger partial charge in [0.05, 0.1) is 13.7 Å². The Morgan fingerprint density at radius 1 is 1.27 bits per heavy atom. The van der Waals surface area contributed by atoms with Crippen LogP contribution in [0, 0.1) is 5.82 Å². The Labute approximate surface area is 96.3 Å². The van der Waals surface area contributed by atoms with Crippen LogP contribution in [0.15, 0.2) is 16.6 Å². The zero-order chi connectivity index (χ0) is 11.3. The number of rotatable bonds is 5. The standard InChI is InChI=1S/C10H12BrFO3/c1-13-3-4-15-9-6-7(11)5-8(12)10(9)14-2/h5-6H,3-4H2,1-2H3. The minimum absolute atomic E-state index is 0.106. The lowest BCUT2D eigenvalue weighted by Crippen LogP contribution is -2.06. The van der Waals surface area contributed by atoms with Crippen LogP contribution in [-0.2, 0) is 4.74 Å². The van der Waals surface area contributed by atoms with Crippen molar-refractivity contribution in [3.8, 4) is 11.5 Å². The molecule has 15 heavy (non-hydrogen) atoms. The molecule has 0 radical (unpaired) electrons. The molecular formula is C10H12BrFO3. The normalized spacial score (nSPS) is 10.1. The minimum atomic E-state index is -0.459. The van der Waals surface area contributed by atoms with Crippen LogP contribution in [0.4, 0.5) is 4.39 Å². The van der Waals surface area contributed by atoms with Crippen molar-refractivity contribution < 1.29 is 18.6 Å². The van der Waals surface area contributed by atoms with Crippen molar-refractivity contribution in [3.05, 3.63) is 22.4 Å². The van der Waals surface area contributed by atoms with Gasteiger partial charge in [-0.05, 0) is 12.1 Å². The lowest BCUT2D eigenvalue weighted by molar-refractivity contribution is 0.143. The zero-order valence-electron chi connectivity index (χ0n) is 8.55. The van der Waals surface area contributed by atoms with Gasteiger partial charge in [-0.15, -0.1) is 0 Å². The van der Waals surface area contributed by atoms with E-state index in [2.05, 4.69) is 15.9 Å². The number of ether oxygens (including phenoxy) is 3. The van der Waals surface area contributed by atoms with E-state index < -0.39 is 5.82 Å². The Bertz CT molecular complexity index is 331. The minimum Gasteiger partial charge on any atom is -0.490 e. The first-order chi connectivity index (χ1) is 7.19. The Kier molecular flexibility index (Phi) is 4.84. The molecule has 0 bridgehead atoms. The van der Waals surface area contributed by atoms with Gasteiger partial charge in [0.1, 0.15) is 6.61 Å². The Morgan fingerprint density at radius 2 is 2.00 bits per heavy atom. The van der Waals surface area contributed by atoms with Gasteiger partial charge in [-0.2, -0.15) is 0 Å². The van der Waals surface area contributed by atoms with Gasteiger partial charge in [0.25, 0.3) is 0 Å². The first-order valence-electron chi connectivity index (χ1n) is 4.33. The van der Waals surface area contributed by atoms with Crippen LogP contribution in [-0.4, -0.2) is 27.4 Å². The third kappa shape index (κ3) is 3.35. The summed E-state index contributed by atoms with van der Waals surface area (Å²) in [6.07, 6.45) is 0. The molecule has 0 aromatic heterocycles. The molecule has 0 saturated carbocycles. The number of halogens is 2. The highest BCUT2D eigenvalue weighted by Gasteiger charge is 2.11. The molecule has 1 rings (SSSR count). The Morgan fingerprint density at radius 3 is 2.60 bits per heavy atom. The SMILES string of the molecule is COCCOc1cc(Br)cc(F)c1OC. The molecule has 0 aliphatic rings. The maximum absolute atomic E-state index is 13.4. The summed E-state index contributed by atoms with van der Waals surface area (Å²) >= 11 is 3.18. The van der Waals surface area contributed by atoms with Crippen molar-refractivity contribution in [2.75, 3.05) is 27.4 Å². The summed E-state index contributed by atoms with van der Waals surface area (Å²) < 4.78 is 29.0. The van der Waals surface area contributed by atoms with E-state index in [0.717, 1.165) is 0 Å². The Balaban J connectivity index is 2.84. The monoisotopic (exact) mass is 278 g/mol. The van der Waals surface area contributed by atoms with Crippen molar-refractivity contribution in [1.82, 2.24) is 0 Å². The van der Waals surface area contributed by atoms with E-state index in [0.29, 0.717) is 23.4 Å². The highest BCUT2D eigenvalue weighted by atomic mass is 79.9. The maximum Gasteiger partial charge on any atom is 0.196 e. The van der Waals surface area contributed by atoms with Crippen LogP contribution in [0.5, 0.6) is 11.5 Å². The topological polar surface area (TPSA) is 27.7 Å². The van der Waals surface area contributed by atoms with Crippen LogP contribution >= 0.6 is 15.9 Å². The van der Waals surface area contributed by atoms with Crippen molar-refractivity contribution in [2.24, 2.45) is 0 Å². The van der Waals surface area contributed by atoms with Gasteiger partial charge >= 0.3 is 0 Å². The highest BCUT2D eigenvalue weighted by Crippen LogP contribution is 2.33. The van der Waals surface area contributed by atoms with Crippen LogP contribution in [0.3, 0.4) is 0 Å². The van der Waals surface area contributed by atoms with Crippen molar-refractivity contribution in [2.45, 2.75) is 0 Å². The fourth-order valence-corrected chi connectivity index (χ4v) is 1.49. The largest absolute Gasteiger partial charge is 0.490 e. The van der Waals surface area contributed by atoms with Crippen molar-refractivity contribution in [1.29, 1.82) is 0 Å². The van der Waals surface area contributed by atoms with Crippen LogP contribution in [0.2, 0.25) is 0 Å². The summed E-state index contributed by atoms with van der Waals surface area (Å²) in [6.45, 7) is 0.792. The third-order valence-corrected chi connectivity index (χ3v) is 2.18. The van der Waals surface area contributed by atoms with Crippen LogP contribution in [0.1, 0.15) is 0 Å². The highest BCUT2D eigenvalue weighted by molar-refractivity contribution is 9.10. The first kappa shape index (κ1) is 12.3. The van der Waals surface area contributed by atoms with E-state index in [1.807, 2.05) is 0 Å². The smallest absolute Gasteiger partial charge is 0.196 e. The average molecular weight is 279 g/mol. The molecule has 0 unspecified atom stereocenters. The lowest BCUT2D eigenvalue weighted by atomic mass is 10.3. The van der Waals surface area contributed by atoms with Gasteiger partial charge in [0.2, 0.25) is 0 Å². The second-order valence-corrected chi connectivity index (χ2v) is 3.68. The van der Waals surface area contributed by atoms with Gasteiger partial charge in [0.15, 0.2) is 17.3 Å². The molecule has 1 aromatic rings. The van der Waals surface area contributed by atoms with E-state index in [9.17, 15) is 4.39 Å². The first-order valence-corrected chi connectivity index (χ1v) is 5.13. The van der Waals surface area contributed by atoms with Crippen LogP contribution < -0.4 is 9.47 Å². The molecule has 5 heteroatoms. The van der Waals surface area contributed by atoms with E-state index >= 15 is 0 Å². The Hall–Kier alpha value is -0.810. The number of methoxy groups -OCH3 is 2. The summed E-state index contributed by atoms with van der Waals surface area (Å²) in [4.78, 5) is 0. The number of benzene rings is 1. The lowest BCUT2D eigenvalue weighted by Gasteiger charge is -2.11. The summed E-state index contributed by atoms with van der Waals surface area (Å²) in [5, 5.41) is 0. The quantitative estimate of drug-likeness (QED) is 0.775. The van der Waals surface area contributed by atoms with E-state index in [4.69, 9.17) is 14.2 Å². The number of hydrogen-bond acceptors (Lipinski definition) is 3. The molecule has 1 aromatic carbocycles. The van der Waals surface area contributed by atoms with Gasteiger partial charge in [-0.25, -0.2) is 4.39 Å². The second-order valence-electron chi connectivity index (χ2n) is 2.76. The van der Waals surface area contributed by atoms with Gasteiger partial charge in [-0.3, -0.25) is 0 Å². The van der Waals surface area contributed by atoms with E-state index in [1.54, 1.807) is 13.2 Å². The van der Waals surface area contributed by atoms with Crippen LogP contribution in [0.25, 0.3) is 0 Å². The van der Waals surface area contributed by atoms with Gasteiger partial charge in [-0.1, -0.05) is 15.9 Å². The zero-order valence-corrected chi connectivity index (χ0v) is 10.1. The summed E-state index contributed by atoms with van der Waals surface area (Å²) in [7, 11) is 2.97. The predicted molar refractivity (Wildman–Crippen MR) is 58.0 cm³/mol. The number of hydrogen-bond donors (Lipinski definition) is 0. The average Bonchev–Trinajstić information content (AvgIpc) is 2.17. The van der Waals surface area contributed by atoms with Crippen molar-refractivity contribution >= 4 is 15.9 Å². The molecular weight excluding hydrogens is 267 g/mol. The second kappa shape index (κ2) is 5.92. The molecule has 84 valence electrons. The molecule has 0 aliphatic carbocycles. The molecule has 0 N–H and O–H groups in total. The van der Waals surface area contributed by atoms with E-state index in [1.165, 1.54) is 13.2 Å². The molecule has 0 aliphatic heterocycles. The van der Waals surface area contributed by atoms with Gasteiger partial charge < -0.3 is 14.2 Å². The summed E-state index contributed by atoms with van der Waals surface area (Å²) in [6, 6.07) is 2.97. The molecule has 0 amide bonds.